The van der Waals surface area contributed by atoms with Gasteiger partial charge in [0.25, 0.3) is 5.91 Å². The second kappa shape index (κ2) is 9.14. The molecule has 0 spiro atoms. The zero-order chi connectivity index (χ0) is 20.3. The maximum Gasteiger partial charge on any atom is 0.251 e. The van der Waals surface area contributed by atoms with Crippen LogP contribution in [-0.2, 0) is 4.79 Å². The van der Waals surface area contributed by atoms with E-state index in [9.17, 15) is 9.59 Å². The van der Waals surface area contributed by atoms with Crippen molar-refractivity contribution in [1.82, 2.24) is 15.5 Å². The summed E-state index contributed by atoms with van der Waals surface area (Å²) >= 11 is 9.38. The van der Waals surface area contributed by atoms with E-state index in [-0.39, 0.29) is 17.4 Å². The van der Waals surface area contributed by atoms with E-state index in [1.54, 1.807) is 18.2 Å². The first-order valence-corrected chi connectivity index (χ1v) is 11.2. The lowest BCUT2D eigenvalue weighted by molar-refractivity contribution is -0.126. The number of hydrogen-bond acceptors (Lipinski definition) is 3. The third kappa shape index (κ3) is 5.49. The lowest BCUT2D eigenvalue weighted by Gasteiger charge is -2.46. The van der Waals surface area contributed by atoms with Crippen LogP contribution in [0.25, 0.3) is 0 Å². The molecule has 28 heavy (non-hydrogen) atoms. The number of amides is 2. The van der Waals surface area contributed by atoms with E-state index >= 15 is 0 Å². The van der Waals surface area contributed by atoms with Crippen LogP contribution in [0.2, 0.25) is 5.02 Å². The number of likely N-dealkylation sites (tertiary alicyclic amines) is 1. The number of nitrogens with zero attached hydrogens (tertiary/aromatic N) is 1. The molecular formula is C21H29BrClN3O2. The first-order chi connectivity index (χ1) is 13.2. The van der Waals surface area contributed by atoms with Crippen molar-refractivity contribution in [2.45, 2.75) is 45.1 Å². The van der Waals surface area contributed by atoms with Crippen molar-refractivity contribution in [3.63, 3.8) is 0 Å². The van der Waals surface area contributed by atoms with Crippen LogP contribution in [0, 0.1) is 11.8 Å². The predicted octanol–water partition coefficient (Wildman–Crippen LogP) is 3.85. The topological polar surface area (TPSA) is 61.4 Å². The Morgan fingerprint density at radius 2 is 1.96 bits per heavy atom. The van der Waals surface area contributed by atoms with Crippen LogP contribution in [-0.4, -0.2) is 48.4 Å². The minimum atomic E-state index is -0.104. The molecule has 7 heteroatoms. The fraction of sp³-hybridized carbons (Fsp3) is 0.619. The molecule has 0 bridgehead atoms. The van der Waals surface area contributed by atoms with Crippen LogP contribution in [0.4, 0.5) is 0 Å². The Morgan fingerprint density at radius 1 is 1.25 bits per heavy atom. The van der Waals surface area contributed by atoms with E-state index in [0.29, 0.717) is 35.5 Å². The number of halogens is 2. The molecule has 0 radical (unpaired) electrons. The molecule has 0 aromatic heterocycles. The molecule has 154 valence electrons. The van der Waals surface area contributed by atoms with E-state index in [1.807, 2.05) is 0 Å². The molecule has 2 unspecified atom stereocenters. The monoisotopic (exact) mass is 469 g/mol. The number of hydrogen-bond donors (Lipinski definition) is 2. The zero-order valence-corrected chi connectivity index (χ0v) is 18.9. The van der Waals surface area contributed by atoms with Crippen molar-refractivity contribution >= 4 is 39.3 Å². The van der Waals surface area contributed by atoms with E-state index in [0.717, 1.165) is 36.8 Å². The fourth-order valence-electron chi connectivity index (χ4n) is 3.99. The summed E-state index contributed by atoms with van der Waals surface area (Å²) in [6.45, 7) is 7.25. The first-order valence-electron chi connectivity index (χ1n) is 10.0. The summed E-state index contributed by atoms with van der Waals surface area (Å²) in [6.07, 6.45) is 4.24. The van der Waals surface area contributed by atoms with Gasteiger partial charge in [-0.2, -0.15) is 0 Å². The summed E-state index contributed by atoms with van der Waals surface area (Å²) < 4.78 is 0.793. The highest BCUT2D eigenvalue weighted by Crippen LogP contribution is 2.37. The highest BCUT2D eigenvalue weighted by Gasteiger charge is 2.40. The second-order valence-electron chi connectivity index (χ2n) is 8.49. The van der Waals surface area contributed by atoms with Gasteiger partial charge in [0.15, 0.2) is 0 Å². The van der Waals surface area contributed by atoms with Gasteiger partial charge < -0.3 is 10.6 Å². The van der Waals surface area contributed by atoms with Crippen molar-refractivity contribution in [3.05, 3.63) is 33.3 Å². The number of piperidine rings is 1. The van der Waals surface area contributed by atoms with Crippen LogP contribution in [0.15, 0.2) is 22.7 Å². The first kappa shape index (κ1) is 21.6. The Hall–Kier alpha value is -1.11. The van der Waals surface area contributed by atoms with E-state index in [1.165, 1.54) is 6.42 Å². The largest absolute Gasteiger partial charge is 0.352 e. The molecule has 3 rings (SSSR count). The summed E-state index contributed by atoms with van der Waals surface area (Å²) in [6, 6.07) is 5.20. The third-order valence-corrected chi connectivity index (χ3v) is 7.04. The van der Waals surface area contributed by atoms with Crippen LogP contribution < -0.4 is 10.6 Å². The summed E-state index contributed by atoms with van der Waals surface area (Å²) in [5.74, 6) is 1.03. The Bertz CT molecular complexity index is 716. The highest BCUT2D eigenvalue weighted by atomic mass is 79.9. The quantitative estimate of drug-likeness (QED) is 0.664. The number of carbonyl (C=O) groups excluding carboxylic acids is 2. The molecule has 1 aromatic carbocycles. The van der Waals surface area contributed by atoms with Crippen molar-refractivity contribution in [2.75, 3.05) is 26.2 Å². The number of benzene rings is 1. The Labute approximate surface area is 180 Å². The van der Waals surface area contributed by atoms with Crippen LogP contribution in [0.3, 0.4) is 0 Å². The molecule has 5 nitrogen and oxygen atoms in total. The fourth-order valence-corrected chi connectivity index (χ4v) is 4.85. The molecule has 2 fully saturated rings. The molecule has 2 atom stereocenters. The highest BCUT2D eigenvalue weighted by molar-refractivity contribution is 9.10. The molecule has 2 N–H and O–H groups in total. The van der Waals surface area contributed by atoms with Crippen molar-refractivity contribution < 1.29 is 9.59 Å². The van der Waals surface area contributed by atoms with Crippen LogP contribution in [0.5, 0.6) is 0 Å². The van der Waals surface area contributed by atoms with Crippen molar-refractivity contribution in [1.29, 1.82) is 0 Å². The second-order valence-corrected chi connectivity index (χ2v) is 9.85. The lowest BCUT2D eigenvalue weighted by Crippen LogP contribution is -2.58. The molecule has 1 saturated heterocycles. The molecule has 1 saturated carbocycles. The third-order valence-electron chi connectivity index (χ3n) is 6.36. The normalized spacial score (nSPS) is 25.8. The number of rotatable bonds is 6. The molecule has 2 amide bonds. The predicted molar refractivity (Wildman–Crippen MR) is 116 cm³/mol. The van der Waals surface area contributed by atoms with Crippen molar-refractivity contribution in [2.24, 2.45) is 11.8 Å². The average molecular weight is 471 g/mol. The van der Waals surface area contributed by atoms with Gasteiger partial charge >= 0.3 is 0 Å². The molecule has 1 aromatic rings. The van der Waals surface area contributed by atoms with Gasteiger partial charge in [0.05, 0.1) is 6.54 Å². The van der Waals surface area contributed by atoms with Gasteiger partial charge in [0, 0.05) is 27.1 Å². The van der Waals surface area contributed by atoms with Crippen LogP contribution in [0.1, 0.15) is 49.9 Å². The van der Waals surface area contributed by atoms with Gasteiger partial charge in [-0.05, 0) is 75.7 Å². The standard InChI is InChI=1S/C21H29BrClN3O2/c1-14-3-6-21(14,2)25-19(27)13-26-7-4-15(5-8-26)12-24-20(28)16-9-17(22)11-18(23)10-16/h9-11,14-15H,3-8,12-13H2,1-2H3,(H,24,28)(H,25,27). The lowest BCUT2D eigenvalue weighted by atomic mass is 9.69. The van der Waals surface area contributed by atoms with Gasteiger partial charge in [-0.3, -0.25) is 14.5 Å². The van der Waals surface area contributed by atoms with Gasteiger partial charge in [-0.25, -0.2) is 0 Å². The number of nitrogens with one attached hydrogen (secondary N) is 2. The van der Waals surface area contributed by atoms with Gasteiger partial charge in [-0.1, -0.05) is 34.5 Å². The SMILES string of the molecule is CC1CCC1(C)NC(=O)CN1CCC(CNC(=O)c2cc(Cl)cc(Br)c2)CC1. The van der Waals surface area contributed by atoms with E-state index in [4.69, 9.17) is 11.6 Å². The minimum Gasteiger partial charge on any atom is -0.352 e. The summed E-state index contributed by atoms with van der Waals surface area (Å²) in [4.78, 5) is 26.9. The van der Waals surface area contributed by atoms with Gasteiger partial charge in [0.2, 0.25) is 5.91 Å². The number of carbonyl (C=O) groups is 2. The molecule has 1 aliphatic heterocycles. The zero-order valence-electron chi connectivity index (χ0n) is 16.6. The maximum atomic E-state index is 12.3. The summed E-state index contributed by atoms with van der Waals surface area (Å²) in [5.41, 5.74) is 0.543. The molecule has 1 heterocycles. The summed E-state index contributed by atoms with van der Waals surface area (Å²) in [5, 5.41) is 6.77. The smallest absolute Gasteiger partial charge is 0.251 e. The average Bonchev–Trinajstić information content (AvgIpc) is 2.65. The Kier molecular flexibility index (Phi) is 7.05. The van der Waals surface area contributed by atoms with E-state index < -0.39 is 0 Å². The van der Waals surface area contributed by atoms with Gasteiger partial charge in [-0.15, -0.1) is 0 Å². The molecule has 2 aliphatic rings. The van der Waals surface area contributed by atoms with Gasteiger partial charge in [0.1, 0.15) is 0 Å². The van der Waals surface area contributed by atoms with Crippen LogP contribution >= 0.6 is 27.5 Å². The summed E-state index contributed by atoms with van der Waals surface area (Å²) in [7, 11) is 0. The maximum absolute atomic E-state index is 12.3. The Morgan fingerprint density at radius 3 is 2.54 bits per heavy atom. The molecule has 1 aliphatic carbocycles. The Balaban J connectivity index is 1.38. The molecular weight excluding hydrogens is 442 g/mol. The van der Waals surface area contributed by atoms with Crippen molar-refractivity contribution in [3.8, 4) is 0 Å². The minimum absolute atomic E-state index is 0.0188. The van der Waals surface area contributed by atoms with E-state index in [2.05, 4.69) is 45.3 Å².